The Kier molecular flexibility index (Phi) is 3.92. The van der Waals surface area contributed by atoms with Crippen LogP contribution in [-0.2, 0) is 6.54 Å². The van der Waals surface area contributed by atoms with Crippen LogP contribution in [0, 0.1) is 10.5 Å². The smallest absolute Gasteiger partial charge is 0.0407 e. The molecule has 0 aliphatic carbocycles. The molecule has 0 amide bonds. The van der Waals surface area contributed by atoms with Crippen molar-refractivity contribution in [1.82, 2.24) is 0 Å². The highest BCUT2D eigenvalue weighted by Gasteiger charge is 2.02. The number of benzene rings is 3. The van der Waals surface area contributed by atoms with Crippen LogP contribution in [0.5, 0.6) is 0 Å². The molecule has 0 saturated heterocycles. The molecule has 20 heavy (non-hydrogen) atoms. The average Bonchev–Trinajstić information content (AvgIpc) is 2.46. The van der Waals surface area contributed by atoms with Gasteiger partial charge in [0.1, 0.15) is 0 Å². The minimum Gasteiger partial charge on any atom is -0.381 e. The first-order chi connectivity index (χ1) is 9.74. The van der Waals surface area contributed by atoms with E-state index in [1.165, 1.54) is 31.2 Å². The van der Waals surface area contributed by atoms with E-state index in [9.17, 15) is 0 Å². The first-order valence-electron chi connectivity index (χ1n) is 6.71. The summed E-state index contributed by atoms with van der Waals surface area (Å²) in [5, 5.41) is 6.17. The van der Waals surface area contributed by atoms with E-state index in [0.717, 1.165) is 6.54 Å². The van der Waals surface area contributed by atoms with Gasteiger partial charge in [-0.05, 0) is 69.6 Å². The lowest BCUT2D eigenvalue weighted by atomic mass is 10.0. The fourth-order valence-electron chi connectivity index (χ4n) is 2.46. The van der Waals surface area contributed by atoms with Crippen LogP contribution < -0.4 is 5.32 Å². The molecule has 3 aromatic rings. The van der Waals surface area contributed by atoms with E-state index in [0.29, 0.717) is 0 Å². The highest BCUT2D eigenvalue weighted by molar-refractivity contribution is 14.1. The molecule has 100 valence electrons. The SMILES string of the molecule is Cc1cc(I)ccc1NCc1cccc2ccccc12. The molecule has 0 heterocycles. The highest BCUT2D eigenvalue weighted by Crippen LogP contribution is 2.22. The predicted molar refractivity (Wildman–Crippen MR) is 95.2 cm³/mol. The third-order valence-electron chi connectivity index (χ3n) is 3.54. The van der Waals surface area contributed by atoms with Gasteiger partial charge in [0.15, 0.2) is 0 Å². The molecule has 1 nitrogen and oxygen atoms in total. The van der Waals surface area contributed by atoms with Gasteiger partial charge in [0.05, 0.1) is 0 Å². The van der Waals surface area contributed by atoms with Crippen LogP contribution in [-0.4, -0.2) is 0 Å². The fraction of sp³-hybridized carbons (Fsp3) is 0.111. The predicted octanol–water partition coefficient (Wildman–Crippen LogP) is 5.36. The molecule has 0 fully saturated rings. The molecule has 0 aromatic heterocycles. The Labute approximate surface area is 133 Å². The first-order valence-corrected chi connectivity index (χ1v) is 7.78. The quantitative estimate of drug-likeness (QED) is 0.609. The Morgan fingerprint density at radius 3 is 2.60 bits per heavy atom. The van der Waals surface area contributed by atoms with Crippen LogP contribution in [0.3, 0.4) is 0 Å². The van der Waals surface area contributed by atoms with Crippen molar-refractivity contribution in [1.29, 1.82) is 0 Å². The zero-order valence-electron chi connectivity index (χ0n) is 11.4. The molecule has 0 spiro atoms. The van der Waals surface area contributed by atoms with E-state index in [-0.39, 0.29) is 0 Å². The summed E-state index contributed by atoms with van der Waals surface area (Å²) in [5.41, 5.74) is 3.83. The van der Waals surface area contributed by atoms with Crippen molar-refractivity contribution < 1.29 is 0 Å². The second-order valence-electron chi connectivity index (χ2n) is 4.95. The van der Waals surface area contributed by atoms with Gasteiger partial charge in [0, 0.05) is 15.8 Å². The van der Waals surface area contributed by atoms with Crippen molar-refractivity contribution in [2.75, 3.05) is 5.32 Å². The Bertz CT molecular complexity index is 744. The van der Waals surface area contributed by atoms with Crippen LogP contribution in [0.1, 0.15) is 11.1 Å². The molecule has 0 aliphatic heterocycles. The van der Waals surface area contributed by atoms with Gasteiger partial charge in [-0.1, -0.05) is 42.5 Å². The third-order valence-corrected chi connectivity index (χ3v) is 4.21. The first kappa shape index (κ1) is 13.4. The van der Waals surface area contributed by atoms with E-state index < -0.39 is 0 Å². The summed E-state index contributed by atoms with van der Waals surface area (Å²) >= 11 is 2.35. The minimum absolute atomic E-state index is 0.850. The number of anilines is 1. The lowest BCUT2D eigenvalue weighted by molar-refractivity contribution is 1.16. The summed E-state index contributed by atoms with van der Waals surface area (Å²) in [5.74, 6) is 0. The topological polar surface area (TPSA) is 12.0 Å². The standard InChI is InChI=1S/C18H16IN/c1-13-11-16(19)9-10-18(13)20-12-15-7-4-6-14-5-2-3-8-17(14)15/h2-11,20H,12H2,1H3. The second-order valence-corrected chi connectivity index (χ2v) is 6.20. The number of hydrogen-bond donors (Lipinski definition) is 1. The Morgan fingerprint density at radius 1 is 0.950 bits per heavy atom. The third kappa shape index (κ3) is 2.80. The maximum atomic E-state index is 3.55. The van der Waals surface area contributed by atoms with E-state index in [2.05, 4.69) is 95.5 Å². The lowest BCUT2D eigenvalue weighted by Crippen LogP contribution is -2.01. The molecule has 0 radical (unpaired) electrons. The molecule has 3 aromatic carbocycles. The Hall–Kier alpha value is -1.55. The van der Waals surface area contributed by atoms with E-state index in [1.54, 1.807) is 0 Å². The number of fused-ring (bicyclic) bond motifs is 1. The molecule has 3 rings (SSSR count). The summed E-state index contributed by atoms with van der Waals surface area (Å²) in [6.07, 6.45) is 0. The van der Waals surface area contributed by atoms with Crippen LogP contribution in [0.25, 0.3) is 10.8 Å². The van der Waals surface area contributed by atoms with Gasteiger partial charge in [-0.3, -0.25) is 0 Å². The summed E-state index contributed by atoms with van der Waals surface area (Å²) in [7, 11) is 0. The van der Waals surface area contributed by atoms with Crippen molar-refractivity contribution in [2.24, 2.45) is 0 Å². The lowest BCUT2D eigenvalue weighted by Gasteiger charge is -2.12. The van der Waals surface area contributed by atoms with Gasteiger partial charge in [0.25, 0.3) is 0 Å². The molecule has 0 aliphatic rings. The van der Waals surface area contributed by atoms with E-state index in [1.807, 2.05) is 0 Å². The minimum atomic E-state index is 0.850. The number of nitrogens with one attached hydrogen (secondary N) is 1. The average molecular weight is 373 g/mol. The van der Waals surface area contributed by atoms with Crippen molar-refractivity contribution in [3.63, 3.8) is 0 Å². The van der Waals surface area contributed by atoms with Crippen LogP contribution in [0.15, 0.2) is 60.7 Å². The Morgan fingerprint density at radius 2 is 1.75 bits per heavy atom. The van der Waals surface area contributed by atoms with Gasteiger partial charge >= 0.3 is 0 Å². The largest absolute Gasteiger partial charge is 0.381 e. The molecule has 0 saturated carbocycles. The summed E-state index contributed by atoms with van der Waals surface area (Å²) < 4.78 is 1.27. The van der Waals surface area contributed by atoms with Crippen LogP contribution >= 0.6 is 22.6 Å². The summed E-state index contributed by atoms with van der Waals surface area (Å²) in [4.78, 5) is 0. The summed E-state index contributed by atoms with van der Waals surface area (Å²) in [6.45, 7) is 3.00. The number of rotatable bonds is 3. The maximum absolute atomic E-state index is 3.55. The van der Waals surface area contributed by atoms with Gasteiger partial charge in [-0.25, -0.2) is 0 Å². The zero-order chi connectivity index (χ0) is 13.9. The number of aryl methyl sites for hydroxylation is 1. The molecule has 0 bridgehead atoms. The van der Waals surface area contributed by atoms with Crippen molar-refractivity contribution in [2.45, 2.75) is 13.5 Å². The van der Waals surface area contributed by atoms with Gasteiger partial charge in [-0.2, -0.15) is 0 Å². The van der Waals surface area contributed by atoms with Crippen LogP contribution in [0.4, 0.5) is 5.69 Å². The van der Waals surface area contributed by atoms with E-state index in [4.69, 9.17) is 0 Å². The molecule has 2 heteroatoms. The summed E-state index contributed by atoms with van der Waals surface area (Å²) in [6, 6.07) is 21.5. The Balaban J connectivity index is 1.87. The zero-order valence-corrected chi connectivity index (χ0v) is 13.5. The molecule has 0 atom stereocenters. The van der Waals surface area contributed by atoms with Crippen molar-refractivity contribution >= 4 is 39.1 Å². The monoisotopic (exact) mass is 373 g/mol. The van der Waals surface area contributed by atoms with Gasteiger partial charge in [-0.15, -0.1) is 0 Å². The molecule has 0 unspecified atom stereocenters. The molecular weight excluding hydrogens is 357 g/mol. The van der Waals surface area contributed by atoms with Crippen molar-refractivity contribution in [3.8, 4) is 0 Å². The number of hydrogen-bond acceptors (Lipinski definition) is 1. The van der Waals surface area contributed by atoms with Crippen molar-refractivity contribution in [3.05, 3.63) is 75.4 Å². The second kappa shape index (κ2) is 5.83. The highest BCUT2D eigenvalue weighted by atomic mass is 127. The maximum Gasteiger partial charge on any atom is 0.0407 e. The molecular formula is C18H16IN. The fourth-order valence-corrected chi connectivity index (χ4v) is 3.11. The van der Waals surface area contributed by atoms with Gasteiger partial charge in [0.2, 0.25) is 0 Å². The van der Waals surface area contributed by atoms with E-state index >= 15 is 0 Å². The van der Waals surface area contributed by atoms with Crippen LogP contribution in [0.2, 0.25) is 0 Å². The number of halogens is 1. The molecule has 1 N–H and O–H groups in total. The normalized spacial score (nSPS) is 10.7. The van der Waals surface area contributed by atoms with Gasteiger partial charge < -0.3 is 5.32 Å².